The summed E-state index contributed by atoms with van der Waals surface area (Å²) in [5.41, 5.74) is 0.838. The van der Waals surface area contributed by atoms with E-state index in [9.17, 15) is 0 Å². The van der Waals surface area contributed by atoms with Gasteiger partial charge in [-0.15, -0.1) is 0 Å². The van der Waals surface area contributed by atoms with Gasteiger partial charge in [0.2, 0.25) is 11.7 Å². The van der Waals surface area contributed by atoms with Crippen LogP contribution in [-0.4, -0.2) is 23.2 Å². The molecule has 0 saturated carbocycles. The van der Waals surface area contributed by atoms with Crippen molar-refractivity contribution in [2.24, 2.45) is 5.92 Å². The highest BCUT2D eigenvalue weighted by Gasteiger charge is 2.30. The lowest BCUT2D eigenvalue weighted by molar-refractivity contribution is 0.339. The first-order valence-electron chi connectivity index (χ1n) is 6.84. The van der Waals surface area contributed by atoms with Crippen LogP contribution in [0.3, 0.4) is 0 Å². The zero-order valence-corrected chi connectivity index (χ0v) is 11.2. The second-order valence-electron chi connectivity index (χ2n) is 5.35. The van der Waals surface area contributed by atoms with E-state index in [1.54, 1.807) is 0 Å². The third-order valence-corrected chi connectivity index (χ3v) is 3.92. The number of fused-ring (bicyclic) bond motifs is 1. The van der Waals surface area contributed by atoms with E-state index in [0.717, 1.165) is 24.1 Å². The van der Waals surface area contributed by atoms with Gasteiger partial charge in [0.15, 0.2) is 5.76 Å². The topological polar surface area (TPSA) is 64.1 Å². The second-order valence-corrected chi connectivity index (χ2v) is 5.35. The van der Waals surface area contributed by atoms with E-state index in [1.165, 1.54) is 0 Å². The van der Waals surface area contributed by atoms with Gasteiger partial charge in [0, 0.05) is 11.9 Å². The van der Waals surface area contributed by atoms with Gasteiger partial charge < -0.3 is 14.3 Å². The number of hydrogen-bond acceptors (Lipinski definition) is 5. The molecule has 0 spiro atoms. The minimum atomic E-state index is 0.292. The van der Waals surface area contributed by atoms with Crippen LogP contribution in [0, 0.1) is 5.92 Å². The number of rotatable bonds is 2. The molecule has 20 heavy (non-hydrogen) atoms. The number of nitrogens with one attached hydrogen (secondary N) is 1. The van der Waals surface area contributed by atoms with Crippen molar-refractivity contribution in [3.63, 3.8) is 0 Å². The molecular formula is C15H15N3O2. The average molecular weight is 269 g/mol. The predicted octanol–water partition coefficient (Wildman–Crippen LogP) is 2.81. The average Bonchev–Trinajstić information content (AvgIpc) is 3.15. The molecule has 0 aliphatic carbocycles. The first-order valence-corrected chi connectivity index (χ1v) is 6.84. The molecule has 5 heteroatoms. The van der Waals surface area contributed by atoms with Gasteiger partial charge in [-0.3, -0.25) is 0 Å². The Kier molecular flexibility index (Phi) is 2.60. The lowest BCUT2D eigenvalue weighted by atomic mass is 9.98. The van der Waals surface area contributed by atoms with Crippen molar-refractivity contribution in [1.82, 2.24) is 15.5 Å². The summed E-state index contributed by atoms with van der Waals surface area (Å²) in [6.45, 7) is 4.08. The number of furan rings is 1. The Morgan fingerprint density at radius 3 is 2.95 bits per heavy atom. The molecule has 1 fully saturated rings. The predicted molar refractivity (Wildman–Crippen MR) is 74.3 cm³/mol. The molecule has 1 aliphatic heterocycles. The van der Waals surface area contributed by atoms with E-state index in [1.807, 2.05) is 30.3 Å². The summed E-state index contributed by atoms with van der Waals surface area (Å²) in [4.78, 5) is 4.50. The van der Waals surface area contributed by atoms with Crippen LogP contribution < -0.4 is 5.32 Å². The second kappa shape index (κ2) is 4.45. The Labute approximate surface area is 116 Å². The number of aromatic nitrogens is 2. The first-order chi connectivity index (χ1) is 9.81. The summed E-state index contributed by atoms with van der Waals surface area (Å²) in [6.07, 6.45) is 0. The first kappa shape index (κ1) is 11.7. The van der Waals surface area contributed by atoms with Gasteiger partial charge in [0.05, 0.1) is 5.92 Å². The van der Waals surface area contributed by atoms with Crippen LogP contribution in [0.1, 0.15) is 18.7 Å². The van der Waals surface area contributed by atoms with Gasteiger partial charge in [-0.05, 0) is 24.6 Å². The summed E-state index contributed by atoms with van der Waals surface area (Å²) in [5, 5.41) is 8.44. The summed E-state index contributed by atoms with van der Waals surface area (Å²) in [5.74, 6) is 2.67. The Balaban J connectivity index is 1.70. The molecule has 1 saturated heterocycles. The third kappa shape index (κ3) is 1.82. The molecule has 5 nitrogen and oxygen atoms in total. The zero-order valence-electron chi connectivity index (χ0n) is 11.2. The minimum Gasteiger partial charge on any atom is -0.453 e. The summed E-state index contributed by atoms with van der Waals surface area (Å²) < 4.78 is 11.2. The monoisotopic (exact) mass is 269 g/mol. The summed E-state index contributed by atoms with van der Waals surface area (Å²) in [6, 6.07) is 9.81. The lowest BCUT2D eigenvalue weighted by Gasteiger charge is -2.07. The van der Waals surface area contributed by atoms with Crippen molar-refractivity contribution in [2.75, 3.05) is 13.1 Å². The van der Waals surface area contributed by atoms with Crippen molar-refractivity contribution in [2.45, 2.75) is 12.8 Å². The normalized spacial score (nSPS) is 22.6. The van der Waals surface area contributed by atoms with E-state index in [0.29, 0.717) is 29.3 Å². The molecule has 2 aromatic heterocycles. The molecular weight excluding hydrogens is 254 g/mol. The fourth-order valence-corrected chi connectivity index (χ4v) is 2.72. The fourth-order valence-electron chi connectivity index (χ4n) is 2.72. The molecule has 0 radical (unpaired) electrons. The van der Waals surface area contributed by atoms with Crippen LogP contribution in [0.25, 0.3) is 22.6 Å². The van der Waals surface area contributed by atoms with Crippen LogP contribution >= 0.6 is 0 Å². The van der Waals surface area contributed by atoms with Crippen LogP contribution in [-0.2, 0) is 0 Å². The highest BCUT2D eigenvalue weighted by Crippen LogP contribution is 2.30. The van der Waals surface area contributed by atoms with Crippen molar-refractivity contribution in [3.05, 3.63) is 36.2 Å². The van der Waals surface area contributed by atoms with Crippen molar-refractivity contribution < 1.29 is 8.94 Å². The molecule has 1 N–H and O–H groups in total. The van der Waals surface area contributed by atoms with Crippen LogP contribution in [0.15, 0.2) is 39.3 Å². The maximum absolute atomic E-state index is 5.76. The van der Waals surface area contributed by atoms with Crippen molar-refractivity contribution >= 4 is 11.0 Å². The molecule has 1 aliphatic rings. The third-order valence-electron chi connectivity index (χ3n) is 3.92. The molecule has 102 valence electrons. The lowest BCUT2D eigenvalue weighted by Crippen LogP contribution is -2.08. The van der Waals surface area contributed by atoms with Gasteiger partial charge in [-0.25, -0.2) is 0 Å². The standard InChI is InChI=1S/C15H15N3O2/c1-9-7-16-8-11(9)15-17-14(18-20-15)13-6-10-4-2-3-5-12(10)19-13/h2-6,9,11,16H,7-8H2,1H3. The number of hydrogen-bond donors (Lipinski definition) is 1. The fraction of sp³-hybridized carbons (Fsp3) is 0.333. The Morgan fingerprint density at radius 1 is 1.25 bits per heavy atom. The molecule has 2 atom stereocenters. The van der Waals surface area contributed by atoms with Gasteiger partial charge in [0.1, 0.15) is 5.58 Å². The number of benzene rings is 1. The highest BCUT2D eigenvalue weighted by atomic mass is 16.5. The largest absolute Gasteiger partial charge is 0.453 e. The van der Waals surface area contributed by atoms with Gasteiger partial charge in [-0.1, -0.05) is 30.3 Å². The maximum Gasteiger partial charge on any atom is 0.238 e. The Bertz CT molecular complexity index is 713. The van der Waals surface area contributed by atoms with Crippen molar-refractivity contribution in [1.29, 1.82) is 0 Å². The molecule has 4 rings (SSSR count). The Morgan fingerprint density at radius 2 is 2.15 bits per heavy atom. The molecule has 1 aromatic carbocycles. The summed E-state index contributed by atoms with van der Waals surface area (Å²) >= 11 is 0. The maximum atomic E-state index is 5.76. The van der Waals surface area contributed by atoms with E-state index in [2.05, 4.69) is 22.4 Å². The Hall–Kier alpha value is -2.14. The quantitative estimate of drug-likeness (QED) is 0.775. The van der Waals surface area contributed by atoms with E-state index in [-0.39, 0.29) is 0 Å². The van der Waals surface area contributed by atoms with Crippen LogP contribution in [0.5, 0.6) is 0 Å². The molecule has 2 unspecified atom stereocenters. The molecule has 0 amide bonds. The molecule has 3 aromatic rings. The zero-order chi connectivity index (χ0) is 13.5. The summed E-state index contributed by atoms with van der Waals surface area (Å²) in [7, 11) is 0. The van der Waals surface area contributed by atoms with Crippen molar-refractivity contribution in [3.8, 4) is 11.6 Å². The van der Waals surface area contributed by atoms with Gasteiger partial charge in [-0.2, -0.15) is 4.98 Å². The molecule has 0 bridgehead atoms. The minimum absolute atomic E-state index is 0.292. The smallest absolute Gasteiger partial charge is 0.238 e. The highest BCUT2D eigenvalue weighted by molar-refractivity contribution is 5.81. The number of para-hydroxylation sites is 1. The van der Waals surface area contributed by atoms with E-state index in [4.69, 9.17) is 8.94 Å². The van der Waals surface area contributed by atoms with Crippen LogP contribution in [0.2, 0.25) is 0 Å². The van der Waals surface area contributed by atoms with E-state index < -0.39 is 0 Å². The molecule has 3 heterocycles. The van der Waals surface area contributed by atoms with E-state index >= 15 is 0 Å². The van der Waals surface area contributed by atoms with Gasteiger partial charge in [0.25, 0.3) is 0 Å². The van der Waals surface area contributed by atoms with Crippen LogP contribution in [0.4, 0.5) is 0 Å². The van der Waals surface area contributed by atoms with Gasteiger partial charge >= 0.3 is 0 Å². The SMILES string of the molecule is CC1CNCC1c1nc(-c2cc3ccccc3o2)no1. The number of nitrogens with zero attached hydrogens (tertiary/aromatic N) is 2.